The summed E-state index contributed by atoms with van der Waals surface area (Å²) >= 11 is 1.86. The SMILES string of the molecule is CCCN1C(=O)CC(NCC2(SC)CC2)C1=O. The highest BCUT2D eigenvalue weighted by Crippen LogP contribution is 2.46. The molecule has 0 radical (unpaired) electrons. The molecule has 96 valence electrons. The number of nitrogens with one attached hydrogen (secondary N) is 1. The monoisotopic (exact) mass is 256 g/mol. The Labute approximate surface area is 106 Å². The lowest BCUT2D eigenvalue weighted by Gasteiger charge is -2.17. The fraction of sp³-hybridized carbons (Fsp3) is 0.833. The summed E-state index contributed by atoms with van der Waals surface area (Å²) in [6.07, 6.45) is 5.71. The lowest BCUT2D eigenvalue weighted by molar-refractivity contribution is -0.138. The van der Waals surface area contributed by atoms with Crippen molar-refractivity contribution in [1.82, 2.24) is 10.2 Å². The number of imide groups is 1. The zero-order valence-electron chi connectivity index (χ0n) is 10.5. The maximum absolute atomic E-state index is 12.0. The summed E-state index contributed by atoms with van der Waals surface area (Å²) in [5, 5.41) is 3.27. The fourth-order valence-electron chi connectivity index (χ4n) is 2.20. The van der Waals surface area contributed by atoms with Gasteiger partial charge >= 0.3 is 0 Å². The molecule has 1 N–H and O–H groups in total. The number of carbonyl (C=O) groups excluding carboxylic acids is 2. The van der Waals surface area contributed by atoms with Crippen molar-refractivity contribution in [3.8, 4) is 0 Å². The molecule has 2 fully saturated rings. The van der Waals surface area contributed by atoms with Crippen LogP contribution in [-0.2, 0) is 9.59 Å². The molecule has 1 aliphatic carbocycles. The number of likely N-dealkylation sites (tertiary alicyclic amines) is 1. The highest BCUT2D eigenvalue weighted by Gasteiger charge is 2.44. The van der Waals surface area contributed by atoms with Crippen LogP contribution in [0.2, 0.25) is 0 Å². The molecule has 2 aliphatic rings. The molecule has 2 amide bonds. The highest BCUT2D eigenvalue weighted by molar-refractivity contribution is 8.00. The Morgan fingerprint density at radius 3 is 2.71 bits per heavy atom. The Morgan fingerprint density at radius 2 is 2.18 bits per heavy atom. The van der Waals surface area contributed by atoms with E-state index in [1.807, 2.05) is 18.7 Å². The molecule has 2 rings (SSSR count). The van der Waals surface area contributed by atoms with Crippen molar-refractivity contribution in [3.63, 3.8) is 0 Å². The number of hydrogen-bond donors (Lipinski definition) is 1. The molecule has 1 saturated carbocycles. The van der Waals surface area contributed by atoms with Crippen molar-refractivity contribution in [3.05, 3.63) is 0 Å². The normalized spacial score (nSPS) is 26.7. The van der Waals surface area contributed by atoms with Gasteiger partial charge in [-0.3, -0.25) is 14.5 Å². The summed E-state index contributed by atoms with van der Waals surface area (Å²) in [5.41, 5.74) is 0. The summed E-state index contributed by atoms with van der Waals surface area (Å²) in [5.74, 6) is -0.0582. The molecule has 1 unspecified atom stereocenters. The molecule has 0 bridgehead atoms. The molecule has 5 heteroatoms. The third kappa shape index (κ3) is 2.65. The van der Waals surface area contributed by atoms with E-state index in [0.717, 1.165) is 13.0 Å². The molecule has 1 saturated heterocycles. The third-order valence-corrected chi connectivity index (χ3v) is 5.02. The number of nitrogens with zero attached hydrogens (tertiary/aromatic N) is 1. The second-order valence-corrected chi connectivity index (χ2v) is 6.18. The largest absolute Gasteiger partial charge is 0.304 e. The average molecular weight is 256 g/mol. The summed E-state index contributed by atoms with van der Waals surface area (Å²) < 4.78 is 0.335. The summed E-state index contributed by atoms with van der Waals surface area (Å²) in [6, 6.07) is -0.279. The average Bonchev–Trinajstić information content (AvgIpc) is 3.06. The predicted molar refractivity (Wildman–Crippen MR) is 68.9 cm³/mol. The standard InChI is InChI=1S/C12H20N2O2S/c1-3-6-14-10(15)7-9(11(14)16)13-8-12(17-2)4-5-12/h9,13H,3-8H2,1-2H3. The van der Waals surface area contributed by atoms with Crippen LogP contribution in [0.4, 0.5) is 0 Å². The number of hydrogen-bond acceptors (Lipinski definition) is 4. The minimum atomic E-state index is -0.279. The lowest BCUT2D eigenvalue weighted by Crippen LogP contribution is -2.41. The predicted octanol–water partition coefficient (Wildman–Crippen LogP) is 1.01. The minimum absolute atomic E-state index is 0.0247. The Bertz CT molecular complexity index is 328. The van der Waals surface area contributed by atoms with E-state index in [9.17, 15) is 9.59 Å². The molecule has 4 nitrogen and oxygen atoms in total. The molecule has 17 heavy (non-hydrogen) atoms. The summed E-state index contributed by atoms with van der Waals surface area (Å²) in [7, 11) is 0. The minimum Gasteiger partial charge on any atom is -0.304 e. The second-order valence-electron chi connectivity index (χ2n) is 4.91. The molecule has 1 aliphatic heterocycles. The first-order valence-corrected chi connectivity index (χ1v) is 7.47. The zero-order valence-corrected chi connectivity index (χ0v) is 11.3. The highest BCUT2D eigenvalue weighted by atomic mass is 32.2. The van der Waals surface area contributed by atoms with Crippen LogP contribution in [0.5, 0.6) is 0 Å². The Balaban J connectivity index is 1.86. The van der Waals surface area contributed by atoms with E-state index in [-0.39, 0.29) is 17.9 Å². The molecule has 0 spiro atoms. The van der Waals surface area contributed by atoms with E-state index in [0.29, 0.717) is 17.7 Å². The van der Waals surface area contributed by atoms with Crippen LogP contribution in [0.1, 0.15) is 32.6 Å². The van der Waals surface area contributed by atoms with Gasteiger partial charge in [0, 0.05) is 17.8 Å². The molecular formula is C12H20N2O2S. The van der Waals surface area contributed by atoms with Crippen molar-refractivity contribution < 1.29 is 9.59 Å². The molecule has 0 aromatic heterocycles. The van der Waals surface area contributed by atoms with Gasteiger partial charge in [-0.1, -0.05) is 6.92 Å². The van der Waals surface area contributed by atoms with Gasteiger partial charge in [-0.05, 0) is 25.5 Å². The van der Waals surface area contributed by atoms with Crippen molar-refractivity contribution >= 4 is 23.6 Å². The van der Waals surface area contributed by atoms with Gasteiger partial charge in [0.1, 0.15) is 0 Å². The van der Waals surface area contributed by atoms with E-state index in [1.165, 1.54) is 17.7 Å². The van der Waals surface area contributed by atoms with Crippen LogP contribution in [-0.4, -0.2) is 46.8 Å². The van der Waals surface area contributed by atoms with Crippen molar-refractivity contribution in [2.24, 2.45) is 0 Å². The third-order valence-electron chi connectivity index (χ3n) is 3.60. The summed E-state index contributed by atoms with van der Waals surface area (Å²) in [4.78, 5) is 25.0. The van der Waals surface area contributed by atoms with Gasteiger partial charge in [0.25, 0.3) is 0 Å². The van der Waals surface area contributed by atoms with Gasteiger partial charge in [-0.15, -0.1) is 0 Å². The first-order valence-electron chi connectivity index (χ1n) is 6.24. The number of thioether (sulfide) groups is 1. The van der Waals surface area contributed by atoms with E-state index in [4.69, 9.17) is 0 Å². The van der Waals surface area contributed by atoms with Crippen LogP contribution in [0.15, 0.2) is 0 Å². The van der Waals surface area contributed by atoms with Crippen molar-refractivity contribution in [2.75, 3.05) is 19.3 Å². The van der Waals surface area contributed by atoms with Gasteiger partial charge in [0.2, 0.25) is 11.8 Å². The summed E-state index contributed by atoms with van der Waals surface area (Å²) in [6.45, 7) is 3.38. The maximum Gasteiger partial charge on any atom is 0.246 e. The maximum atomic E-state index is 12.0. The van der Waals surface area contributed by atoms with Crippen LogP contribution in [0.25, 0.3) is 0 Å². The van der Waals surface area contributed by atoms with Gasteiger partial charge in [0.05, 0.1) is 12.5 Å². The first-order chi connectivity index (χ1) is 8.12. The Hall–Kier alpha value is -0.550. The molecule has 1 atom stereocenters. The first kappa shape index (κ1) is 12.9. The van der Waals surface area contributed by atoms with Gasteiger partial charge in [0.15, 0.2) is 0 Å². The van der Waals surface area contributed by atoms with Crippen LogP contribution < -0.4 is 5.32 Å². The molecular weight excluding hydrogens is 236 g/mol. The van der Waals surface area contributed by atoms with Crippen LogP contribution in [0, 0.1) is 0 Å². The second kappa shape index (κ2) is 4.98. The zero-order chi connectivity index (χ0) is 12.5. The van der Waals surface area contributed by atoms with Crippen LogP contribution >= 0.6 is 11.8 Å². The van der Waals surface area contributed by atoms with Crippen LogP contribution in [0.3, 0.4) is 0 Å². The molecule has 0 aromatic rings. The fourth-order valence-corrected chi connectivity index (χ4v) is 2.94. The Kier molecular flexibility index (Phi) is 3.78. The number of amides is 2. The number of carbonyl (C=O) groups is 2. The smallest absolute Gasteiger partial charge is 0.246 e. The van der Waals surface area contributed by atoms with Crippen molar-refractivity contribution in [2.45, 2.75) is 43.4 Å². The van der Waals surface area contributed by atoms with Gasteiger partial charge in [-0.2, -0.15) is 11.8 Å². The van der Waals surface area contributed by atoms with E-state index in [2.05, 4.69) is 11.6 Å². The quantitative estimate of drug-likeness (QED) is 0.721. The van der Waals surface area contributed by atoms with E-state index >= 15 is 0 Å². The molecule has 0 aromatic carbocycles. The molecule has 1 heterocycles. The number of rotatable bonds is 6. The van der Waals surface area contributed by atoms with Gasteiger partial charge in [-0.25, -0.2) is 0 Å². The van der Waals surface area contributed by atoms with Crippen molar-refractivity contribution in [1.29, 1.82) is 0 Å². The van der Waals surface area contributed by atoms with E-state index < -0.39 is 0 Å². The van der Waals surface area contributed by atoms with E-state index in [1.54, 1.807) is 0 Å². The topological polar surface area (TPSA) is 49.4 Å². The van der Waals surface area contributed by atoms with Gasteiger partial charge < -0.3 is 5.32 Å². The Morgan fingerprint density at radius 1 is 1.47 bits per heavy atom. The lowest BCUT2D eigenvalue weighted by atomic mass is 10.2.